The maximum Gasteiger partial charge on any atom is 0.462 e. The maximum absolute atomic E-state index is 5.46. The third kappa shape index (κ3) is 2.77. The van der Waals surface area contributed by atoms with Crippen LogP contribution >= 0.6 is 0 Å². The van der Waals surface area contributed by atoms with Gasteiger partial charge >= 0.3 is 7.12 Å². The molecule has 0 saturated carbocycles. The predicted octanol–water partition coefficient (Wildman–Crippen LogP) is 1.34. The lowest BCUT2D eigenvalue weighted by atomic mass is 9.71. The summed E-state index contributed by atoms with van der Waals surface area (Å²) in [7, 11) is -0.0532. The van der Waals surface area contributed by atoms with Gasteiger partial charge in [0.25, 0.3) is 0 Å². The van der Waals surface area contributed by atoms with E-state index in [2.05, 4.69) is 0 Å². The van der Waals surface area contributed by atoms with Crippen LogP contribution in [0.3, 0.4) is 0 Å². The summed E-state index contributed by atoms with van der Waals surface area (Å²) < 4.78 is 16.2. The van der Waals surface area contributed by atoms with E-state index in [-0.39, 0.29) is 7.12 Å². The molecule has 1 aliphatic heterocycles. The molecule has 0 aromatic rings. The van der Waals surface area contributed by atoms with Gasteiger partial charge in [0.15, 0.2) is 0 Å². The lowest BCUT2D eigenvalue weighted by Gasteiger charge is -2.16. The molecule has 3 nitrogen and oxygen atoms in total. The van der Waals surface area contributed by atoms with Crippen LogP contribution in [0.1, 0.15) is 20.3 Å². The van der Waals surface area contributed by atoms with Crippen LogP contribution in [0.25, 0.3) is 0 Å². The average Bonchev–Trinajstić information content (AvgIpc) is 2.56. The Morgan fingerprint density at radius 2 is 2.00 bits per heavy atom. The van der Waals surface area contributed by atoms with E-state index in [1.807, 2.05) is 13.8 Å². The van der Waals surface area contributed by atoms with Gasteiger partial charge in [-0.1, -0.05) is 0 Å². The first-order chi connectivity index (χ1) is 5.88. The molecular weight excluding hydrogens is 155 g/mol. The summed E-state index contributed by atoms with van der Waals surface area (Å²) in [5.74, 6) is 0.435. The van der Waals surface area contributed by atoms with E-state index >= 15 is 0 Å². The second kappa shape index (κ2) is 5.57. The fraction of sp³-hybridized carbons (Fsp3) is 1.00. The Labute approximate surface area is 74.5 Å². The molecular formula is C8H17BO3. The van der Waals surface area contributed by atoms with Crippen LogP contribution in [-0.2, 0) is 14.0 Å². The zero-order chi connectivity index (χ0) is 8.81. The van der Waals surface area contributed by atoms with Crippen molar-refractivity contribution in [2.24, 2.45) is 0 Å². The summed E-state index contributed by atoms with van der Waals surface area (Å²) in [6.45, 7) is 7.03. The van der Waals surface area contributed by atoms with Crippen molar-refractivity contribution in [2.75, 3.05) is 26.4 Å². The topological polar surface area (TPSA) is 27.7 Å². The highest BCUT2D eigenvalue weighted by Gasteiger charge is 2.32. The van der Waals surface area contributed by atoms with Gasteiger partial charge in [0.1, 0.15) is 0 Å². The Morgan fingerprint density at radius 1 is 1.33 bits per heavy atom. The van der Waals surface area contributed by atoms with E-state index in [1.165, 1.54) is 0 Å². The predicted molar refractivity (Wildman–Crippen MR) is 48.2 cm³/mol. The second-order valence-electron chi connectivity index (χ2n) is 2.90. The standard InChI is InChI=1S/C8H17BO3/c1-3-11-9(12-4-2)8-5-6-10-7-8/h8H,3-7H2,1-2H3/t8-/m0/s1. The van der Waals surface area contributed by atoms with Gasteiger partial charge in [-0.05, 0) is 20.3 Å². The third-order valence-electron chi connectivity index (χ3n) is 2.01. The zero-order valence-corrected chi connectivity index (χ0v) is 7.91. The van der Waals surface area contributed by atoms with E-state index in [0.717, 1.165) is 19.6 Å². The molecule has 1 rings (SSSR count). The van der Waals surface area contributed by atoms with Crippen LogP contribution in [0.2, 0.25) is 5.82 Å². The van der Waals surface area contributed by atoms with Crippen molar-refractivity contribution in [3.63, 3.8) is 0 Å². The number of ether oxygens (including phenoxy) is 1. The molecule has 0 radical (unpaired) electrons. The summed E-state index contributed by atoms with van der Waals surface area (Å²) in [5, 5.41) is 0. The lowest BCUT2D eigenvalue weighted by molar-refractivity contribution is 0.178. The summed E-state index contributed by atoms with van der Waals surface area (Å²) >= 11 is 0. The molecule has 70 valence electrons. The van der Waals surface area contributed by atoms with E-state index in [1.54, 1.807) is 0 Å². The maximum atomic E-state index is 5.46. The normalized spacial score (nSPS) is 23.0. The van der Waals surface area contributed by atoms with Crippen molar-refractivity contribution in [1.29, 1.82) is 0 Å². The molecule has 1 heterocycles. The second-order valence-corrected chi connectivity index (χ2v) is 2.90. The van der Waals surface area contributed by atoms with Crippen molar-refractivity contribution in [1.82, 2.24) is 0 Å². The minimum Gasteiger partial charge on any atom is -0.411 e. The monoisotopic (exact) mass is 172 g/mol. The molecule has 0 N–H and O–H groups in total. The fourth-order valence-corrected chi connectivity index (χ4v) is 1.42. The Morgan fingerprint density at radius 3 is 2.42 bits per heavy atom. The van der Waals surface area contributed by atoms with Crippen LogP contribution < -0.4 is 0 Å². The smallest absolute Gasteiger partial charge is 0.411 e. The summed E-state index contributed by atoms with van der Waals surface area (Å²) in [5.41, 5.74) is 0. The van der Waals surface area contributed by atoms with Gasteiger partial charge in [-0.25, -0.2) is 0 Å². The molecule has 0 spiro atoms. The van der Waals surface area contributed by atoms with Crippen molar-refractivity contribution >= 4 is 7.12 Å². The van der Waals surface area contributed by atoms with E-state index in [4.69, 9.17) is 14.0 Å². The molecule has 1 atom stereocenters. The number of rotatable bonds is 5. The third-order valence-corrected chi connectivity index (χ3v) is 2.01. The Hall–Kier alpha value is -0.0551. The van der Waals surface area contributed by atoms with E-state index in [0.29, 0.717) is 19.0 Å². The molecule has 12 heavy (non-hydrogen) atoms. The van der Waals surface area contributed by atoms with Crippen molar-refractivity contribution in [2.45, 2.75) is 26.1 Å². The highest BCUT2D eigenvalue weighted by molar-refractivity contribution is 6.46. The van der Waals surface area contributed by atoms with Crippen LogP contribution in [0.15, 0.2) is 0 Å². The van der Waals surface area contributed by atoms with Crippen molar-refractivity contribution < 1.29 is 14.0 Å². The molecule has 4 heteroatoms. The molecule has 0 aromatic heterocycles. The summed E-state index contributed by atoms with van der Waals surface area (Å²) in [6, 6.07) is 0. The summed E-state index contributed by atoms with van der Waals surface area (Å²) in [4.78, 5) is 0. The molecule has 1 saturated heterocycles. The van der Waals surface area contributed by atoms with Gasteiger partial charge in [0.2, 0.25) is 0 Å². The first-order valence-corrected chi connectivity index (χ1v) is 4.69. The fourth-order valence-electron chi connectivity index (χ4n) is 1.42. The van der Waals surface area contributed by atoms with E-state index in [9.17, 15) is 0 Å². The number of hydrogen-bond donors (Lipinski definition) is 0. The molecule has 0 aromatic carbocycles. The van der Waals surface area contributed by atoms with Gasteiger partial charge in [-0.15, -0.1) is 0 Å². The highest BCUT2D eigenvalue weighted by atomic mass is 16.6. The first-order valence-electron chi connectivity index (χ1n) is 4.69. The first kappa shape index (κ1) is 10.0. The van der Waals surface area contributed by atoms with Gasteiger partial charge < -0.3 is 14.0 Å². The molecule has 1 aliphatic rings. The van der Waals surface area contributed by atoms with Crippen LogP contribution in [0.4, 0.5) is 0 Å². The molecule has 0 bridgehead atoms. The van der Waals surface area contributed by atoms with Crippen molar-refractivity contribution in [3.05, 3.63) is 0 Å². The van der Waals surface area contributed by atoms with Crippen molar-refractivity contribution in [3.8, 4) is 0 Å². The highest BCUT2D eigenvalue weighted by Crippen LogP contribution is 2.23. The molecule has 1 fully saturated rings. The SMILES string of the molecule is CCOB(OCC)[C@H]1CCOC1. The minimum atomic E-state index is -0.0532. The van der Waals surface area contributed by atoms with E-state index < -0.39 is 0 Å². The zero-order valence-electron chi connectivity index (χ0n) is 7.91. The number of hydrogen-bond acceptors (Lipinski definition) is 3. The van der Waals surface area contributed by atoms with Crippen LogP contribution in [-0.4, -0.2) is 33.5 Å². The van der Waals surface area contributed by atoms with Gasteiger partial charge in [-0.2, -0.15) is 0 Å². The van der Waals surface area contributed by atoms with Crippen LogP contribution in [0.5, 0.6) is 0 Å². The minimum absolute atomic E-state index is 0.0532. The van der Waals surface area contributed by atoms with Gasteiger partial charge in [0.05, 0.1) is 0 Å². The quantitative estimate of drug-likeness (QED) is 0.585. The Balaban J connectivity index is 2.29. The van der Waals surface area contributed by atoms with Gasteiger partial charge in [-0.3, -0.25) is 0 Å². The van der Waals surface area contributed by atoms with Crippen LogP contribution in [0, 0.1) is 0 Å². The Bertz CT molecular complexity index is 109. The largest absolute Gasteiger partial charge is 0.462 e. The molecule has 0 amide bonds. The lowest BCUT2D eigenvalue weighted by Crippen LogP contribution is -2.29. The molecule has 0 unspecified atom stereocenters. The average molecular weight is 172 g/mol. The van der Waals surface area contributed by atoms with Gasteiger partial charge in [0, 0.05) is 32.2 Å². The summed E-state index contributed by atoms with van der Waals surface area (Å²) in [6.07, 6.45) is 1.06. The Kier molecular flexibility index (Phi) is 4.65. The molecule has 0 aliphatic carbocycles.